The predicted octanol–water partition coefficient (Wildman–Crippen LogP) is 3.68. The van der Waals surface area contributed by atoms with E-state index in [1.165, 1.54) is 6.92 Å². The van der Waals surface area contributed by atoms with Crippen molar-refractivity contribution < 1.29 is 14.3 Å². The highest BCUT2D eigenvalue weighted by Gasteiger charge is 2.12. The second kappa shape index (κ2) is 8.17. The molecule has 0 bridgehead atoms. The van der Waals surface area contributed by atoms with E-state index in [0.29, 0.717) is 17.9 Å². The second-order valence-corrected chi connectivity index (χ2v) is 5.70. The molecule has 0 atom stereocenters. The largest absolute Gasteiger partial charge is 0.463 e. The summed E-state index contributed by atoms with van der Waals surface area (Å²) in [6, 6.07) is 7.57. The quantitative estimate of drug-likeness (QED) is 0.604. The molecule has 0 amide bonds. The van der Waals surface area contributed by atoms with Gasteiger partial charge in [0.25, 0.3) is 0 Å². The van der Waals surface area contributed by atoms with Gasteiger partial charge in [-0.05, 0) is 24.6 Å². The van der Waals surface area contributed by atoms with E-state index in [9.17, 15) is 9.59 Å². The minimum Gasteiger partial charge on any atom is -0.463 e. The average molecular weight is 343 g/mol. The molecule has 0 aliphatic rings. The van der Waals surface area contributed by atoms with Gasteiger partial charge in [-0.1, -0.05) is 45.9 Å². The smallest absolute Gasteiger partial charge is 0.334 e. The highest BCUT2D eigenvalue weighted by Crippen LogP contribution is 2.21. The molecular formula is C14H15BrO3S. The van der Waals surface area contributed by atoms with Crippen LogP contribution in [0.3, 0.4) is 0 Å². The maximum atomic E-state index is 11.8. The molecule has 1 aromatic rings. The SMILES string of the molecule is CCOC(=O)/C(=C/c1ccccc1Br)CSC(C)=O. The van der Waals surface area contributed by atoms with Gasteiger partial charge in [-0.3, -0.25) is 4.79 Å². The van der Waals surface area contributed by atoms with Crippen LogP contribution in [0, 0.1) is 0 Å². The maximum Gasteiger partial charge on any atom is 0.334 e. The molecule has 0 heterocycles. The predicted molar refractivity (Wildman–Crippen MR) is 81.9 cm³/mol. The monoisotopic (exact) mass is 342 g/mol. The Morgan fingerprint density at radius 3 is 2.63 bits per heavy atom. The first-order valence-electron chi connectivity index (χ1n) is 5.80. The molecule has 0 aliphatic carbocycles. The Kier molecular flexibility index (Phi) is 6.87. The van der Waals surface area contributed by atoms with Gasteiger partial charge in [-0.25, -0.2) is 4.79 Å². The minimum atomic E-state index is -0.382. The van der Waals surface area contributed by atoms with Crippen LogP contribution in [0.25, 0.3) is 6.08 Å². The van der Waals surface area contributed by atoms with Crippen LogP contribution in [-0.2, 0) is 14.3 Å². The third kappa shape index (κ3) is 5.61. The van der Waals surface area contributed by atoms with Crippen molar-refractivity contribution in [3.8, 4) is 0 Å². The number of hydrogen-bond donors (Lipinski definition) is 0. The van der Waals surface area contributed by atoms with Crippen LogP contribution in [-0.4, -0.2) is 23.4 Å². The van der Waals surface area contributed by atoms with Gasteiger partial charge in [0, 0.05) is 22.7 Å². The zero-order valence-corrected chi connectivity index (χ0v) is 13.2. The molecule has 0 saturated heterocycles. The molecule has 0 aliphatic heterocycles. The summed E-state index contributed by atoms with van der Waals surface area (Å²) in [5, 5.41) is -0.0256. The fourth-order valence-corrected chi connectivity index (χ4v) is 2.30. The molecule has 0 unspecified atom stereocenters. The van der Waals surface area contributed by atoms with Crippen LogP contribution in [0.2, 0.25) is 0 Å². The summed E-state index contributed by atoms with van der Waals surface area (Å²) in [4.78, 5) is 22.9. The Morgan fingerprint density at radius 2 is 2.05 bits per heavy atom. The summed E-state index contributed by atoms with van der Waals surface area (Å²) < 4.78 is 5.89. The number of esters is 1. The van der Waals surface area contributed by atoms with E-state index in [-0.39, 0.29) is 11.1 Å². The number of hydrogen-bond acceptors (Lipinski definition) is 4. The Balaban J connectivity index is 2.98. The van der Waals surface area contributed by atoms with E-state index in [2.05, 4.69) is 15.9 Å². The molecule has 0 aromatic heterocycles. The van der Waals surface area contributed by atoms with Gasteiger partial charge < -0.3 is 4.74 Å². The third-order valence-corrected chi connectivity index (χ3v) is 3.79. The molecule has 3 nitrogen and oxygen atoms in total. The van der Waals surface area contributed by atoms with Crippen molar-refractivity contribution in [3.05, 3.63) is 39.9 Å². The number of carbonyl (C=O) groups is 2. The van der Waals surface area contributed by atoms with Crippen molar-refractivity contribution in [2.24, 2.45) is 0 Å². The topological polar surface area (TPSA) is 43.4 Å². The Morgan fingerprint density at radius 1 is 1.37 bits per heavy atom. The molecule has 5 heteroatoms. The Hall–Kier alpha value is -1.07. The number of halogens is 1. The van der Waals surface area contributed by atoms with Crippen LogP contribution in [0.5, 0.6) is 0 Å². The fourth-order valence-electron chi connectivity index (χ4n) is 1.34. The van der Waals surface area contributed by atoms with Crippen LogP contribution in [0.15, 0.2) is 34.3 Å². The zero-order valence-electron chi connectivity index (χ0n) is 10.8. The second-order valence-electron chi connectivity index (χ2n) is 3.69. The van der Waals surface area contributed by atoms with Gasteiger partial charge >= 0.3 is 5.97 Å². The van der Waals surface area contributed by atoms with Crippen LogP contribution < -0.4 is 0 Å². The van der Waals surface area contributed by atoms with Crippen molar-refractivity contribution in [3.63, 3.8) is 0 Å². The van der Waals surface area contributed by atoms with Crippen LogP contribution in [0.1, 0.15) is 19.4 Å². The van der Waals surface area contributed by atoms with Gasteiger partial charge in [-0.2, -0.15) is 0 Å². The summed E-state index contributed by atoms with van der Waals surface area (Å²) in [6.45, 7) is 3.55. The molecule has 1 rings (SSSR count). The summed E-state index contributed by atoms with van der Waals surface area (Å²) in [5.74, 6) is -0.0674. The van der Waals surface area contributed by atoms with Crippen LogP contribution >= 0.6 is 27.7 Å². The number of carbonyl (C=O) groups excluding carboxylic acids is 2. The number of benzene rings is 1. The van der Waals surface area contributed by atoms with Crippen molar-refractivity contribution in [2.45, 2.75) is 13.8 Å². The number of rotatable bonds is 5. The van der Waals surface area contributed by atoms with E-state index in [4.69, 9.17) is 4.74 Å². The molecule has 0 spiro atoms. The number of thioether (sulfide) groups is 1. The minimum absolute atomic E-state index is 0.0256. The van der Waals surface area contributed by atoms with Crippen molar-refractivity contribution >= 4 is 44.9 Å². The Bertz CT molecular complexity index is 497. The lowest BCUT2D eigenvalue weighted by Crippen LogP contribution is -2.10. The molecule has 102 valence electrons. The van der Waals surface area contributed by atoms with Crippen molar-refractivity contribution in [2.75, 3.05) is 12.4 Å². The molecule has 0 radical (unpaired) electrons. The van der Waals surface area contributed by atoms with E-state index < -0.39 is 0 Å². The summed E-state index contributed by atoms with van der Waals surface area (Å²) in [5.41, 5.74) is 1.36. The summed E-state index contributed by atoms with van der Waals surface area (Å²) in [6.07, 6.45) is 1.75. The van der Waals surface area contributed by atoms with Crippen molar-refractivity contribution in [1.29, 1.82) is 0 Å². The van der Waals surface area contributed by atoms with Gasteiger partial charge in [0.05, 0.1) is 6.61 Å². The van der Waals surface area contributed by atoms with Gasteiger partial charge in [0.2, 0.25) is 0 Å². The average Bonchev–Trinajstić information content (AvgIpc) is 2.36. The van der Waals surface area contributed by atoms with E-state index in [0.717, 1.165) is 21.8 Å². The van der Waals surface area contributed by atoms with Gasteiger partial charge in [0.1, 0.15) is 0 Å². The standard InChI is InChI=1S/C14H15BrO3S/c1-3-18-14(17)12(9-19-10(2)16)8-11-6-4-5-7-13(11)15/h4-8H,3,9H2,1-2H3/b12-8+. The molecule has 1 aromatic carbocycles. The fraction of sp³-hybridized carbons (Fsp3) is 0.286. The van der Waals surface area contributed by atoms with E-state index in [1.54, 1.807) is 13.0 Å². The molecule has 0 N–H and O–H groups in total. The first kappa shape index (κ1) is 16.0. The molecule has 19 heavy (non-hydrogen) atoms. The lowest BCUT2D eigenvalue weighted by Gasteiger charge is -2.07. The lowest BCUT2D eigenvalue weighted by atomic mass is 10.1. The maximum absolute atomic E-state index is 11.8. The normalized spacial score (nSPS) is 11.2. The van der Waals surface area contributed by atoms with E-state index >= 15 is 0 Å². The summed E-state index contributed by atoms with van der Waals surface area (Å²) >= 11 is 4.52. The zero-order chi connectivity index (χ0) is 14.3. The molecule has 0 saturated carbocycles. The lowest BCUT2D eigenvalue weighted by molar-refractivity contribution is -0.138. The Labute approximate surface area is 125 Å². The van der Waals surface area contributed by atoms with E-state index in [1.807, 2.05) is 24.3 Å². The van der Waals surface area contributed by atoms with Crippen molar-refractivity contribution in [1.82, 2.24) is 0 Å². The first-order valence-corrected chi connectivity index (χ1v) is 7.58. The molecule has 0 fully saturated rings. The highest BCUT2D eigenvalue weighted by atomic mass is 79.9. The van der Waals surface area contributed by atoms with Gasteiger partial charge in [0.15, 0.2) is 5.12 Å². The molecular weight excluding hydrogens is 328 g/mol. The van der Waals surface area contributed by atoms with Crippen LogP contribution in [0.4, 0.5) is 0 Å². The number of ether oxygens (including phenoxy) is 1. The third-order valence-electron chi connectivity index (χ3n) is 2.20. The van der Waals surface area contributed by atoms with Gasteiger partial charge in [-0.15, -0.1) is 0 Å². The summed E-state index contributed by atoms with van der Waals surface area (Å²) in [7, 11) is 0. The highest BCUT2D eigenvalue weighted by molar-refractivity contribution is 9.10. The first-order chi connectivity index (χ1) is 9.04.